The molecule has 102 valence electrons. The third-order valence-electron chi connectivity index (χ3n) is 2.54. The van der Waals surface area contributed by atoms with Gasteiger partial charge in [0.1, 0.15) is 11.4 Å². The van der Waals surface area contributed by atoms with Crippen LogP contribution in [0.1, 0.15) is 19.4 Å². The minimum absolute atomic E-state index is 0.351. The van der Waals surface area contributed by atoms with Crippen LogP contribution in [0.25, 0.3) is 0 Å². The van der Waals surface area contributed by atoms with E-state index in [1.54, 1.807) is 19.2 Å². The van der Waals surface area contributed by atoms with Gasteiger partial charge in [-0.1, -0.05) is 37.6 Å². The third kappa shape index (κ3) is 3.35. The van der Waals surface area contributed by atoms with Gasteiger partial charge in [-0.2, -0.15) is 0 Å². The largest absolute Gasteiger partial charge is 0.383 e. The van der Waals surface area contributed by atoms with E-state index in [1.807, 2.05) is 26.0 Å². The second-order valence-electron chi connectivity index (χ2n) is 3.64. The van der Waals surface area contributed by atoms with Crippen molar-refractivity contribution < 1.29 is 0 Å². The van der Waals surface area contributed by atoms with Crippen LogP contribution in [0.3, 0.4) is 0 Å². The minimum Gasteiger partial charge on any atom is -0.383 e. The van der Waals surface area contributed by atoms with Crippen LogP contribution in [0.5, 0.6) is 0 Å². The molecule has 19 heavy (non-hydrogen) atoms. The SMILES string of the molecule is CC.CNc1c(NCc2ccc(Cl)cc2)c(=O)c1=O. The van der Waals surface area contributed by atoms with Crippen LogP contribution in [0.4, 0.5) is 11.4 Å². The average Bonchev–Trinajstić information content (AvgIpc) is 2.46. The van der Waals surface area contributed by atoms with Crippen molar-refractivity contribution in [2.75, 3.05) is 17.7 Å². The van der Waals surface area contributed by atoms with E-state index in [4.69, 9.17) is 11.6 Å². The maximum atomic E-state index is 11.3. The molecule has 0 aliphatic rings. The number of hydrogen-bond donors (Lipinski definition) is 2. The lowest BCUT2D eigenvalue weighted by molar-refractivity contribution is 1.13. The molecule has 4 nitrogen and oxygen atoms in total. The van der Waals surface area contributed by atoms with E-state index in [0.717, 1.165) is 5.56 Å². The Kier molecular flexibility index (Phi) is 5.57. The third-order valence-corrected chi connectivity index (χ3v) is 2.79. The van der Waals surface area contributed by atoms with Crippen molar-refractivity contribution in [3.63, 3.8) is 0 Å². The van der Waals surface area contributed by atoms with Gasteiger partial charge in [0.25, 0.3) is 10.9 Å². The van der Waals surface area contributed by atoms with Gasteiger partial charge in [0.15, 0.2) is 0 Å². The fourth-order valence-electron chi connectivity index (χ4n) is 1.59. The quantitative estimate of drug-likeness (QED) is 0.846. The Morgan fingerprint density at radius 1 is 1.00 bits per heavy atom. The summed E-state index contributed by atoms with van der Waals surface area (Å²) in [5, 5.41) is 6.31. The van der Waals surface area contributed by atoms with E-state index in [1.165, 1.54) is 0 Å². The van der Waals surface area contributed by atoms with Crippen molar-refractivity contribution >= 4 is 23.0 Å². The van der Waals surface area contributed by atoms with Gasteiger partial charge in [0.05, 0.1) is 0 Å². The van der Waals surface area contributed by atoms with Crippen LogP contribution in [0.15, 0.2) is 33.9 Å². The molecule has 0 atom stereocenters. The van der Waals surface area contributed by atoms with E-state index in [-0.39, 0.29) is 0 Å². The molecule has 2 N–H and O–H groups in total. The van der Waals surface area contributed by atoms with Gasteiger partial charge in [-0.15, -0.1) is 0 Å². The van der Waals surface area contributed by atoms with Gasteiger partial charge >= 0.3 is 0 Å². The Labute approximate surface area is 117 Å². The van der Waals surface area contributed by atoms with Crippen LogP contribution in [0, 0.1) is 0 Å². The molecular formula is C14H17ClN2O2. The predicted octanol–water partition coefficient (Wildman–Crippen LogP) is 2.62. The maximum Gasteiger partial charge on any atom is 0.253 e. The predicted molar refractivity (Wildman–Crippen MR) is 81.0 cm³/mol. The summed E-state index contributed by atoms with van der Waals surface area (Å²) >= 11 is 5.76. The highest BCUT2D eigenvalue weighted by Crippen LogP contribution is 2.15. The zero-order chi connectivity index (χ0) is 14.4. The van der Waals surface area contributed by atoms with Crippen LogP contribution in [0.2, 0.25) is 5.02 Å². The molecule has 0 amide bonds. The van der Waals surface area contributed by atoms with Gasteiger partial charge < -0.3 is 10.6 Å². The lowest BCUT2D eigenvalue weighted by Gasteiger charge is -2.12. The second-order valence-corrected chi connectivity index (χ2v) is 4.07. The number of nitrogens with one attached hydrogen (secondary N) is 2. The molecule has 0 bridgehead atoms. The van der Waals surface area contributed by atoms with E-state index in [9.17, 15) is 9.59 Å². The Hall–Kier alpha value is -1.81. The van der Waals surface area contributed by atoms with E-state index in [0.29, 0.717) is 22.9 Å². The fourth-order valence-corrected chi connectivity index (χ4v) is 1.72. The first-order valence-corrected chi connectivity index (χ1v) is 6.50. The average molecular weight is 281 g/mol. The molecule has 0 fully saturated rings. The van der Waals surface area contributed by atoms with Crippen LogP contribution < -0.4 is 21.5 Å². The summed E-state index contributed by atoms with van der Waals surface area (Å²) in [6.45, 7) is 4.48. The van der Waals surface area contributed by atoms with Crippen molar-refractivity contribution in [2.24, 2.45) is 0 Å². The zero-order valence-electron chi connectivity index (χ0n) is 11.2. The molecule has 2 rings (SSSR count). The highest BCUT2D eigenvalue weighted by Gasteiger charge is 2.18. The first-order chi connectivity index (χ1) is 9.13. The fraction of sp³-hybridized carbons (Fsp3) is 0.286. The summed E-state index contributed by atoms with van der Waals surface area (Å²) in [4.78, 5) is 22.4. The molecule has 0 aliphatic carbocycles. The van der Waals surface area contributed by atoms with Gasteiger partial charge in [0, 0.05) is 18.6 Å². The smallest absolute Gasteiger partial charge is 0.253 e. The summed E-state index contributed by atoms with van der Waals surface area (Å²) in [5.74, 6) is 0. The lowest BCUT2D eigenvalue weighted by Crippen LogP contribution is -2.36. The van der Waals surface area contributed by atoms with Gasteiger partial charge in [-0.25, -0.2) is 0 Å². The molecule has 0 radical (unpaired) electrons. The van der Waals surface area contributed by atoms with Crippen LogP contribution in [-0.2, 0) is 6.54 Å². The standard InChI is InChI=1S/C12H11ClN2O2.C2H6/c1-14-9-10(12(17)11(9)16)15-6-7-2-4-8(13)5-3-7;1-2/h2-5,14-15H,6H2,1H3;1-2H3. The molecule has 2 aromatic carbocycles. The van der Waals surface area contributed by atoms with Crippen molar-refractivity contribution in [3.05, 3.63) is 55.3 Å². The number of halogens is 1. The topological polar surface area (TPSA) is 58.2 Å². The highest BCUT2D eigenvalue weighted by molar-refractivity contribution is 6.30. The van der Waals surface area contributed by atoms with E-state index in [2.05, 4.69) is 10.6 Å². The molecule has 0 spiro atoms. The first kappa shape index (κ1) is 15.2. The molecule has 0 saturated heterocycles. The van der Waals surface area contributed by atoms with Gasteiger partial charge in [0.2, 0.25) is 0 Å². The first-order valence-electron chi connectivity index (χ1n) is 6.13. The van der Waals surface area contributed by atoms with Crippen LogP contribution in [-0.4, -0.2) is 7.05 Å². The molecule has 0 aromatic heterocycles. The van der Waals surface area contributed by atoms with E-state index >= 15 is 0 Å². The van der Waals surface area contributed by atoms with Crippen LogP contribution >= 0.6 is 11.6 Å². The van der Waals surface area contributed by atoms with Crippen molar-refractivity contribution in [2.45, 2.75) is 20.4 Å². The molecule has 0 saturated carbocycles. The normalized spacial score (nSPS) is 9.68. The molecule has 0 aliphatic heterocycles. The van der Waals surface area contributed by atoms with E-state index < -0.39 is 10.9 Å². The molecule has 5 heteroatoms. The lowest BCUT2D eigenvalue weighted by atomic mass is 10.1. The van der Waals surface area contributed by atoms with Gasteiger partial charge in [-0.05, 0) is 17.7 Å². The Bertz CT molecular complexity index is 599. The number of benzene rings is 1. The maximum absolute atomic E-state index is 11.3. The van der Waals surface area contributed by atoms with Crippen molar-refractivity contribution in [1.82, 2.24) is 0 Å². The Morgan fingerprint density at radius 3 is 2.05 bits per heavy atom. The number of hydrogen-bond acceptors (Lipinski definition) is 4. The van der Waals surface area contributed by atoms with Crippen molar-refractivity contribution in [3.8, 4) is 0 Å². The summed E-state index contributed by atoms with van der Waals surface area (Å²) in [6.07, 6.45) is 0. The highest BCUT2D eigenvalue weighted by atomic mass is 35.5. The number of rotatable bonds is 4. The summed E-state index contributed by atoms with van der Waals surface area (Å²) in [5.41, 5.74) is 0.760. The Balaban J connectivity index is 0.000000861. The summed E-state index contributed by atoms with van der Waals surface area (Å²) in [6, 6.07) is 7.28. The molecule has 2 aromatic rings. The summed E-state index contributed by atoms with van der Waals surface area (Å²) in [7, 11) is 1.61. The van der Waals surface area contributed by atoms with Crippen molar-refractivity contribution in [1.29, 1.82) is 0 Å². The second kappa shape index (κ2) is 6.95. The minimum atomic E-state index is -0.469. The number of anilines is 2. The van der Waals surface area contributed by atoms with Gasteiger partial charge in [-0.3, -0.25) is 9.59 Å². The summed E-state index contributed by atoms with van der Waals surface area (Å²) < 4.78 is 0. The molecule has 0 heterocycles. The molecule has 0 unspecified atom stereocenters. The molecular weight excluding hydrogens is 264 g/mol. The Morgan fingerprint density at radius 2 is 1.53 bits per heavy atom. The monoisotopic (exact) mass is 280 g/mol. The zero-order valence-corrected chi connectivity index (χ0v) is 12.0.